The van der Waals surface area contributed by atoms with Crippen LogP contribution in [-0.4, -0.2) is 16.8 Å². The number of hydrogen-bond donors (Lipinski definition) is 2. The van der Waals surface area contributed by atoms with Gasteiger partial charge in [0.1, 0.15) is 11.1 Å². The summed E-state index contributed by atoms with van der Waals surface area (Å²) in [5.74, 6) is 0.234. The summed E-state index contributed by atoms with van der Waals surface area (Å²) in [6.45, 7) is 0. The highest BCUT2D eigenvalue weighted by Gasteiger charge is 2.22. The third kappa shape index (κ3) is 5.59. The summed E-state index contributed by atoms with van der Waals surface area (Å²) < 4.78 is 0. The molecule has 0 radical (unpaired) electrons. The van der Waals surface area contributed by atoms with Crippen LogP contribution in [0.5, 0.6) is 0 Å². The first-order valence-corrected chi connectivity index (χ1v) is 11.3. The fraction of sp³-hybridized carbons (Fsp3) is 0.0417. The second-order valence-electron chi connectivity index (χ2n) is 6.57. The molecule has 0 saturated heterocycles. The maximum absolute atomic E-state index is 13.0. The molecule has 2 N–H and O–H groups in total. The van der Waals surface area contributed by atoms with Gasteiger partial charge in [-0.15, -0.1) is 23.1 Å². The average molecular weight is 446 g/mol. The molecule has 0 aliphatic rings. The molecule has 31 heavy (non-hydrogen) atoms. The smallest absolute Gasteiger partial charge is 0.265 e. The Labute approximate surface area is 188 Å². The van der Waals surface area contributed by atoms with Gasteiger partial charge in [0.2, 0.25) is 5.91 Å². The van der Waals surface area contributed by atoms with Crippen molar-refractivity contribution < 1.29 is 9.59 Å². The van der Waals surface area contributed by atoms with E-state index in [1.807, 2.05) is 72.1 Å². The van der Waals surface area contributed by atoms with E-state index in [4.69, 9.17) is 0 Å². The molecule has 2 heterocycles. The maximum atomic E-state index is 13.0. The van der Waals surface area contributed by atoms with Crippen molar-refractivity contribution >= 4 is 46.4 Å². The van der Waals surface area contributed by atoms with Gasteiger partial charge in [-0.3, -0.25) is 9.59 Å². The Morgan fingerprint density at radius 1 is 0.839 bits per heavy atom. The summed E-state index contributed by atoms with van der Waals surface area (Å²) in [5, 5.41) is 7.19. The number of nitrogens with one attached hydrogen (secondary N) is 2. The lowest BCUT2D eigenvalue weighted by molar-refractivity contribution is -0.115. The van der Waals surface area contributed by atoms with Gasteiger partial charge in [-0.2, -0.15) is 0 Å². The predicted molar refractivity (Wildman–Crippen MR) is 127 cm³/mol. The van der Waals surface area contributed by atoms with Crippen LogP contribution in [0.4, 0.5) is 11.5 Å². The van der Waals surface area contributed by atoms with Crippen LogP contribution in [-0.2, 0) is 4.79 Å². The van der Waals surface area contributed by atoms with E-state index in [1.165, 1.54) is 23.1 Å². The van der Waals surface area contributed by atoms with Crippen LogP contribution in [0.25, 0.3) is 0 Å². The Morgan fingerprint density at radius 2 is 1.61 bits per heavy atom. The van der Waals surface area contributed by atoms with Crippen LogP contribution >= 0.6 is 23.1 Å². The van der Waals surface area contributed by atoms with E-state index in [2.05, 4.69) is 15.6 Å². The molecule has 0 spiro atoms. The minimum atomic E-state index is -0.449. The highest BCUT2D eigenvalue weighted by atomic mass is 32.2. The zero-order valence-electron chi connectivity index (χ0n) is 16.4. The Bertz CT molecular complexity index is 1130. The second kappa shape index (κ2) is 10.1. The Morgan fingerprint density at radius 3 is 2.29 bits per heavy atom. The van der Waals surface area contributed by atoms with Gasteiger partial charge >= 0.3 is 0 Å². The maximum Gasteiger partial charge on any atom is 0.265 e. The minimum absolute atomic E-state index is 0.132. The molecular weight excluding hydrogens is 426 g/mol. The topological polar surface area (TPSA) is 71.1 Å². The average Bonchev–Trinajstić information content (AvgIpc) is 3.35. The quantitative estimate of drug-likeness (QED) is 0.349. The first-order valence-electron chi connectivity index (χ1n) is 9.57. The number of nitrogens with zero attached hydrogens (tertiary/aromatic N) is 1. The molecule has 0 bridgehead atoms. The summed E-state index contributed by atoms with van der Waals surface area (Å²) in [7, 11) is 0. The van der Waals surface area contributed by atoms with Crippen LogP contribution in [0.1, 0.15) is 20.5 Å². The molecule has 5 nitrogen and oxygen atoms in total. The summed E-state index contributed by atoms with van der Waals surface area (Å²) in [6, 6.07) is 26.1. The van der Waals surface area contributed by atoms with Gasteiger partial charge in [-0.25, -0.2) is 4.98 Å². The van der Waals surface area contributed by atoms with Crippen LogP contribution in [0.3, 0.4) is 0 Å². The van der Waals surface area contributed by atoms with Gasteiger partial charge in [-0.05, 0) is 53.4 Å². The minimum Gasteiger partial charge on any atom is -0.321 e. The molecule has 2 aromatic heterocycles. The van der Waals surface area contributed by atoms with Crippen molar-refractivity contribution in [3.8, 4) is 0 Å². The molecule has 0 fully saturated rings. The number of rotatable bonds is 7. The third-order valence-corrected chi connectivity index (χ3v) is 6.50. The zero-order valence-corrected chi connectivity index (χ0v) is 18.0. The number of carbonyl (C=O) groups is 2. The molecule has 0 aliphatic carbocycles. The van der Waals surface area contributed by atoms with E-state index in [9.17, 15) is 9.59 Å². The molecule has 2 amide bonds. The highest BCUT2D eigenvalue weighted by molar-refractivity contribution is 8.00. The molecule has 1 atom stereocenters. The van der Waals surface area contributed by atoms with E-state index >= 15 is 0 Å². The van der Waals surface area contributed by atoms with Crippen molar-refractivity contribution in [1.29, 1.82) is 0 Å². The number of benzene rings is 2. The molecular formula is C24H19N3O2S2. The lowest BCUT2D eigenvalue weighted by atomic mass is 10.1. The molecule has 4 rings (SSSR count). The first-order chi connectivity index (χ1) is 15.2. The largest absolute Gasteiger partial charge is 0.321 e. The molecule has 1 unspecified atom stereocenters. The van der Waals surface area contributed by atoms with E-state index < -0.39 is 5.25 Å². The standard InChI is InChI=1S/C24H19N3O2S2/c28-23(20-9-6-16-30-20)26-18-11-13-19(14-12-18)31-22(17-7-2-1-3-8-17)24(29)27-21-10-4-5-15-25-21/h1-16,22H,(H,26,28)(H,25,27,29). The summed E-state index contributed by atoms with van der Waals surface area (Å²) in [6.07, 6.45) is 1.64. The van der Waals surface area contributed by atoms with Crippen LogP contribution in [0.2, 0.25) is 0 Å². The van der Waals surface area contributed by atoms with E-state index in [-0.39, 0.29) is 11.8 Å². The third-order valence-electron chi connectivity index (χ3n) is 4.37. The number of carbonyl (C=O) groups excluding carboxylic acids is 2. The van der Waals surface area contributed by atoms with E-state index in [0.29, 0.717) is 16.4 Å². The van der Waals surface area contributed by atoms with Gasteiger partial charge in [-0.1, -0.05) is 42.5 Å². The highest BCUT2D eigenvalue weighted by Crippen LogP contribution is 2.36. The predicted octanol–water partition coefficient (Wildman–Crippen LogP) is 5.87. The van der Waals surface area contributed by atoms with Crippen LogP contribution in [0, 0.1) is 0 Å². The van der Waals surface area contributed by atoms with Gasteiger partial charge in [0.25, 0.3) is 5.91 Å². The molecule has 2 aromatic carbocycles. The van der Waals surface area contributed by atoms with Crippen molar-refractivity contribution in [2.75, 3.05) is 10.6 Å². The van der Waals surface area contributed by atoms with Crippen molar-refractivity contribution in [3.05, 3.63) is 107 Å². The SMILES string of the molecule is O=C(Nc1ccc(SC(C(=O)Nc2ccccn2)c2ccccc2)cc1)c1cccs1. The molecule has 4 aromatic rings. The van der Waals surface area contributed by atoms with Gasteiger partial charge in [0.15, 0.2) is 0 Å². The normalized spacial score (nSPS) is 11.5. The Kier molecular flexibility index (Phi) is 6.76. The molecule has 0 aliphatic heterocycles. The summed E-state index contributed by atoms with van der Waals surface area (Å²) in [5.41, 5.74) is 1.60. The summed E-state index contributed by atoms with van der Waals surface area (Å²) in [4.78, 5) is 31.0. The number of anilines is 2. The second-order valence-corrected chi connectivity index (χ2v) is 8.69. The number of thiophene rings is 1. The van der Waals surface area contributed by atoms with Gasteiger partial charge in [0, 0.05) is 16.8 Å². The number of hydrogen-bond acceptors (Lipinski definition) is 5. The number of thioether (sulfide) groups is 1. The van der Waals surface area contributed by atoms with Gasteiger partial charge < -0.3 is 10.6 Å². The molecule has 7 heteroatoms. The fourth-order valence-electron chi connectivity index (χ4n) is 2.88. The van der Waals surface area contributed by atoms with Crippen LogP contribution in [0.15, 0.2) is 101 Å². The lowest BCUT2D eigenvalue weighted by Crippen LogP contribution is -2.19. The van der Waals surface area contributed by atoms with Gasteiger partial charge in [0.05, 0.1) is 4.88 Å². The van der Waals surface area contributed by atoms with Crippen molar-refractivity contribution in [2.45, 2.75) is 10.1 Å². The molecule has 154 valence electrons. The van der Waals surface area contributed by atoms with E-state index in [1.54, 1.807) is 24.4 Å². The summed E-state index contributed by atoms with van der Waals surface area (Å²) >= 11 is 2.84. The van der Waals surface area contributed by atoms with Crippen molar-refractivity contribution in [2.24, 2.45) is 0 Å². The van der Waals surface area contributed by atoms with Crippen molar-refractivity contribution in [3.63, 3.8) is 0 Å². The van der Waals surface area contributed by atoms with Crippen LogP contribution < -0.4 is 10.6 Å². The zero-order chi connectivity index (χ0) is 21.5. The Balaban J connectivity index is 1.49. The first kappa shape index (κ1) is 20.8. The fourth-order valence-corrected chi connectivity index (χ4v) is 4.53. The Hall–Kier alpha value is -3.42. The number of amides is 2. The van der Waals surface area contributed by atoms with Crippen molar-refractivity contribution in [1.82, 2.24) is 4.98 Å². The molecule has 0 saturated carbocycles. The lowest BCUT2D eigenvalue weighted by Gasteiger charge is -2.17. The monoisotopic (exact) mass is 445 g/mol. The van der Waals surface area contributed by atoms with E-state index in [0.717, 1.165) is 10.5 Å². The number of pyridine rings is 1. The number of aromatic nitrogens is 1.